The molecule has 0 aliphatic carbocycles. The highest BCUT2D eigenvalue weighted by Crippen LogP contribution is 2.31. The van der Waals surface area contributed by atoms with Crippen LogP contribution in [-0.2, 0) is 16.0 Å². The van der Waals surface area contributed by atoms with Crippen molar-refractivity contribution in [3.05, 3.63) is 35.4 Å². The van der Waals surface area contributed by atoms with Gasteiger partial charge in [0.15, 0.2) is 5.96 Å². The largest absolute Gasteiger partial charge is 0.396 e. The quantitative estimate of drug-likeness (QED) is 0.416. The molecule has 0 radical (unpaired) electrons. The summed E-state index contributed by atoms with van der Waals surface area (Å²) in [4.78, 5) is 19.4. The zero-order valence-corrected chi connectivity index (χ0v) is 19.6. The van der Waals surface area contributed by atoms with Crippen LogP contribution in [0.5, 0.6) is 0 Å². The van der Waals surface area contributed by atoms with E-state index >= 15 is 0 Å². The third kappa shape index (κ3) is 6.67. The Morgan fingerprint density at radius 1 is 1.22 bits per heavy atom. The summed E-state index contributed by atoms with van der Waals surface area (Å²) in [7, 11) is 0. The molecule has 0 bridgehead atoms. The second kappa shape index (κ2) is 11.6. The molecule has 2 aliphatic heterocycles. The molecule has 8 nitrogen and oxygen atoms in total. The molecule has 1 aromatic rings. The van der Waals surface area contributed by atoms with Crippen molar-refractivity contribution in [1.82, 2.24) is 15.5 Å². The maximum atomic E-state index is 12.8. The van der Waals surface area contributed by atoms with E-state index in [9.17, 15) is 9.90 Å². The molecule has 8 heteroatoms. The summed E-state index contributed by atoms with van der Waals surface area (Å²) in [6.45, 7) is 10.8. The average molecular weight is 447 g/mol. The summed E-state index contributed by atoms with van der Waals surface area (Å²) in [6, 6.07) is 7.69. The molecule has 3 atom stereocenters. The molecule has 3 rings (SSSR count). The smallest absolute Gasteiger partial charge is 0.254 e. The molecular weight excluding hydrogens is 408 g/mol. The van der Waals surface area contributed by atoms with Crippen molar-refractivity contribution in [2.45, 2.75) is 52.4 Å². The van der Waals surface area contributed by atoms with Gasteiger partial charge >= 0.3 is 0 Å². The maximum Gasteiger partial charge on any atom is 0.254 e. The molecule has 2 fully saturated rings. The van der Waals surface area contributed by atoms with Crippen LogP contribution in [0.25, 0.3) is 0 Å². The summed E-state index contributed by atoms with van der Waals surface area (Å²) in [5, 5.41) is 16.1. The lowest BCUT2D eigenvalue weighted by molar-refractivity contribution is -0.0586. The Morgan fingerprint density at radius 3 is 2.53 bits per heavy atom. The van der Waals surface area contributed by atoms with Crippen LogP contribution in [0.2, 0.25) is 0 Å². The van der Waals surface area contributed by atoms with Crippen LogP contribution in [0.1, 0.15) is 49.5 Å². The van der Waals surface area contributed by atoms with Gasteiger partial charge in [-0.2, -0.15) is 0 Å². The predicted molar refractivity (Wildman–Crippen MR) is 125 cm³/mol. The summed E-state index contributed by atoms with van der Waals surface area (Å²) >= 11 is 0. The van der Waals surface area contributed by atoms with E-state index in [4.69, 9.17) is 14.5 Å². The standard InChI is InChI=1S/C24H38N4O4/c1-4-25-23(27-16-24(9-11-29)10-12-31-17-24)26-13-20-5-7-21(8-6-20)22(30)28-14-18(2)32-19(3)15-28/h5-8,18-19,29H,4,9-17H2,1-3H3,(H2,25,26,27). The minimum Gasteiger partial charge on any atom is -0.396 e. The summed E-state index contributed by atoms with van der Waals surface area (Å²) < 4.78 is 11.3. The highest BCUT2D eigenvalue weighted by Gasteiger charge is 2.34. The van der Waals surface area contributed by atoms with E-state index < -0.39 is 0 Å². The summed E-state index contributed by atoms with van der Waals surface area (Å²) in [6.07, 6.45) is 1.77. The van der Waals surface area contributed by atoms with E-state index in [1.54, 1.807) is 0 Å². The Kier molecular flexibility index (Phi) is 8.90. The van der Waals surface area contributed by atoms with Crippen molar-refractivity contribution in [3.8, 4) is 0 Å². The molecule has 2 aliphatic rings. The van der Waals surface area contributed by atoms with Crippen molar-refractivity contribution in [2.24, 2.45) is 10.4 Å². The van der Waals surface area contributed by atoms with Crippen molar-refractivity contribution in [2.75, 3.05) is 46.0 Å². The number of nitrogens with one attached hydrogen (secondary N) is 2. The van der Waals surface area contributed by atoms with Gasteiger partial charge in [0.2, 0.25) is 0 Å². The molecule has 178 valence electrons. The second-order valence-corrected chi connectivity index (χ2v) is 8.99. The molecule has 0 saturated carbocycles. The number of carbonyl (C=O) groups is 1. The highest BCUT2D eigenvalue weighted by atomic mass is 16.5. The lowest BCUT2D eigenvalue weighted by Crippen LogP contribution is -2.48. The molecule has 3 N–H and O–H groups in total. The van der Waals surface area contributed by atoms with Gasteiger partial charge in [0.05, 0.1) is 25.4 Å². The Morgan fingerprint density at radius 2 is 1.94 bits per heavy atom. The van der Waals surface area contributed by atoms with Crippen LogP contribution < -0.4 is 10.6 Å². The second-order valence-electron chi connectivity index (χ2n) is 8.99. The average Bonchev–Trinajstić information content (AvgIpc) is 3.24. The molecule has 2 saturated heterocycles. The van der Waals surface area contributed by atoms with E-state index in [0.717, 1.165) is 37.5 Å². The zero-order chi connectivity index (χ0) is 23.0. The Labute approximate surface area is 191 Å². The lowest BCUT2D eigenvalue weighted by atomic mass is 9.84. The van der Waals surface area contributed by atoms with Gasteiger partial charge in [-0.1, -0.05) is 12.1 Å². The minimum absolute atomic E-state index is 0.0402. The fourth-order valence-electron chi connectivity index (χ4n) is 4.37. The minimum atomic E-state index is -0.0402. The number of carbonyl (C=O) groups excluding carboxylic acids is 1. The van der Waals surface area contributed by atoms with Crippen LogP contribution in [0.4, 0.5) is 0 Å². The zero-order valence-electron chi connectivity index (χ0n) is 19.6. The van der Waals surface area contributed by atoms with E-state index in [0.29, 0.717) is 38.3 Å². The predicted octanol–water partition coefficient (Wildman–Crippen LogP) is 1.78. The Hall–Kier alpha value is -2.16. The van der Waals surface area contributed by atoms with Gasteiger partial charge in [0, 0.05) is 50.4 Å². The Balaban J connectivity index is 1.58. The van der Waals surface area contributed by atoms with Gasteiger partial charge in [-0.05, 0) is 51.3 Å². The maximum absolute atomic E-state index is 12.8. The summed E-state index contributed by atoms with van der Waals surface area (Å²) in [5.41, 5.74) is 1.69. The third-order valence-corrected chi connectivity index (χ3v) is 6.13. The number of guanidine groups is 1. The van der Waals surface area contributed by atoms with Crippen LogP contribution in [0.15, 0.2) is 29.3 Å². The highest BCUT2D eigenvalue weighted by molar-refractivity contribution is 5.94. The van der Waals surface area contributed by atoms with Crippen LogP contribution in [-0.4, -0.2) is 80.1 Å². The number of nitrogens with zero attached hydrogens (tertiary/aromatic N) is 2. The van der Waals surface area contributed by atoms with E-state index in [1.165, 1.54) is 0 Å². The van der Waals surface area contributed by atoms with Crippen LogP contribution >= 0.6 is 0 Å². The number of morpholine rings is 1. The number of hydrogen-bond acceptors (Lipinski definition) is 5. The molecule has 0 spiro atoms. The van der Waals surface area contributed by atoms with Gasteiger partial charge in [-0.15, -0.1) is 0 Å². The van der Waals surface area contributed by atoms with Gasteiger partial charge in [-0.3, -0.25) is 4.79 Å². The van der Waals surface area contributed by atoms with E-state index in [-0.39, 0.29) is 30.1 Å². The molecule has 3 unspecified atom stereocenters. The first-order chi connectivity index (χ1) is 15.4. The summed E-state index contributed by atoms with van der Waals surface area (Å²) in [5.74, 6) is 0.790. The number of rotatable bonds is 8. The number of ether oxygens (including phenoxy) is 2. The van der Waals surface area contributed by atoms with E-state index in [1.807, 2.05) is 49.9 Å². The molecule has 1 amide bonds. The van der Waals surface area contributed by atoms with Crippen molar-refractivity contribution in [3.63, 3.8) is 0 Å². The first-order valence-electron chi connectivity index (χ1n) is 11.7. The first kappa shape index (κ1) is 24.5. The fraction of sp³-hybridized carbons (Fsp3) is 0.667. The molecule has 32 heavy (non-hydrogen) atoms. The number of hydrogen-bond donors (Lipinski definition) is 3. The van der Waals surface area contributed by atoms with Crippen LogP contribution in [0, 0.1) is 5.41 Å². The number of aliphatic hydroxyl groups excluding tert-OH is 1. The van der Waals surface area contributed by atoms with Gasteiger partial charge < -0.3 is 30.1 Å². The molecule has 1 aromatic carbocycles. The molecular formula is C24H38N4O4. The molecule has 0 aromatic heterocycles. The first-order valence-corrected chi connectivity index (χ1v) is 11.7. The number of amides is 1. The fourth-order valence-corrected chi connectivity index (χ4v) is 4.37. The van der Waals surface area contributed by atoms with Crippen molar-refractivity contribution < 1.29 is 19.4 Å². The number of benzene rings is 1. The topological polar surface area (TPSA) is 95.4 Å². The van der Waals surface area contributed by atoms with Crippen molar-refractivity contribution >= 4 is 11.9 Å². The molecule has 2 heterocycles. The Bertz CT molecular complexity index is 752. The van der Waals surface area contributed by atoms with E-state index in [2.05, 4.69) is 10.6 Å². The van der Waals surface area contributed by atoms with Gasteiger partial charge in [0.1, 0.15) is 0 Å². The van der Waals surface area contributed by atoms with Gasteiger partial charge in [0.25, 0.3) is 5.91 Å². The lowest BCUT2D eigenvalue weighted by Gasteiger charge is -2.35. The number of aliphatic imine (C=N–C) groups is 1. The van der Waals surface area contributed by atoms with Gasteiger partial charge in [-0.25, -0.2) is 4.99 Å². The van der Waals surface area contributed by atoms with Crippen molar-refractivity contribution in [1.29, 1.82) is 0 Å². The number of aliphatic hydroxyl groups is 1. The normalized spacial score (nSPS) is 26.2. The van der Waals surface area contributed by atoms with Crippen LogP contribution in [0.3, 0.4) is 0 Å². The third-order valence-electron chi connectivity index (χ3n) is 6.13. The SMILES string of the molecule is CCNC(=NCc1ccc(C(=O)N2CC(C)OC(C)C2)cc1)NCC1(CCO)CCOC1. The monoisotopic (exact) mass is 446 g/mol.